The van der Waals surface area contributed by atoms with Crippen molar-refractivity contribution in [3.63, 3.8) is 0 Å². The van der Waals surface area contributed by atoms with E-state index in [1.165, 1.54) is 11.1 Å². The topological polar surface area (TPSA) is 41.6 Å². The first-order chi connectivity index (χ1) is 9.43. The Morgan fingerprint density at radius 3 is 2.45 bits per heavy atom. The van der Waals surface area contributed by atoms with Crippen LogP contribution >= 0.6 is 0 Å². The molecular weight excluding hydrogens is 252 g/mol. The molecule has 0 saturated heterocycles. The van der Waals surface area contributed by atoms with Gasteiger partial charge in [0.1, 0.15) is 12.4 Å². The highest BCUT2D eigenvalue weighted by Gasteiger charge is 2.16. The predicted octanol–water partition coefficient (Wildman–Crippen LogP) is 2.00. The number of carbonyl (C=O) groups is 1. The van der Waals surface area contributed by atoms with Crippen LogP contribution in [0.2, 0.25) is 0 Å². The Balaban J connectivity index is 2.41. The second-order valence-electron chi connectivity index (χ2n) is 5.39. The molecule has 4 heteroatoms. The van der Waals surface area contributed by atoms with E-state index in [1.54, 1.807) is 4.90 Å². The zero-order valence-electron chi connectivity index (χ0n) is 13.2. The summed E-state index contributed by atoms with van der Waals surface area (Å²) < 4.78 is 5.72. The molecule has 112 valence electrons. The van der Waals surface area contributed by atoms with Gasteiger partial charge >= 0.3 is 0 Å². The van der Waals surface area contributed by atoms with E-state index in [4.69, 9.17) is 4.74 Å². The third kappa shape index (κ3) is 5.21. The van der Waals surface area contributed by atoms with Crippen molar-refractivity contribution in [2.24, 2.45) is 5.92 Å². The van der Waals surface area contributed by atoms with Gasteiger partial charge in [-0.3, -0.25) is 4.79 Å². The molecule has 0 saturated carbocycles. The number of carbonyl (C=O) groups excluding carboxylic acids is 1. The number of likely N-dealkylation sites (N-methyl/N-ethyl adjacent to an activating group) is 1. The van der Waals surface area contributed by atoms with Gasteiger partial charge in [-0.2, -0.15) is 0 Å². The summed E-state index contributed by atoms with van der Waals surface area (Å²) in [6.07, 6.45) is 0. The molecule has 1 amide bonds. The molecule has 0 aromatic heterocycles. The minimum Gasteiger partial charge on any atom is -0.492 e. The fourth-order valence-corrected chi connectivity index (χ4v) is 2.20. The number of nitrogens with zero attached hydrogens (tertiary/aromatic N) is 1. The number of rotatable bonds is 7. The molecular formula is C16H26N2O2. The van der Waals surface area contributed by atoms with E-state index < -0.39 is 0 Å². The minimum atomic E-state index is -0.00814. The molecule has 1 atom stereocenters. The number of nitrogens with one attached hydrogen (secondary N) is 1. The highest BCUT2D eigenvalue weighted by molar-refractivity contribution is 5.78. The minimum absolute atomic E-state index is 0.00814. The van der Waals surface area contributed by atoms with Gasteiger partial charge in [0.15, 0.2) is 0 Å². The standard InChI is InChI=1S/C16H26N2O2/c1-12-8-13(2)10-15(9-12)20-7-6-18(5)16(19)14(3)11-17-4/h8-10,14,17H,6-7,11H2,1-5H3. The first-order valence-corrected chi connectivity index (χ1v) is 7.04. The van der Waals surface area contributed by atoms with Crippen LogP contribution < -0.4 is 10.1 Å². The van der Waals surface area contributed by atoms with Gasteiger partial charge in [-0.1, -0.05) is 13.0 Å². The fraction of sp³-hybridized carbons (Fsp3) is 0.562. The smallest absolute Gasteiger partial charge is 0.226 e. The predicted molar refractivity (Wildman–Crippen MR) is 82.1 cm³/mol. The van der Waals surface area contributed by atoms with Crippen LogP contribution in [0.25, 0.3) is 0 Å². The van der Waals surface area contributed by atoms with Crippen molar-refractivity contribution in [2.45, 2.75) is 20.8 Å². The van der Waals surface area contributed by atoms with E-state index in [0.29, 0.717) is 19.7 Å². The third-order valence-electron chi connectivity index (χ3n) is 3.20. The van der Waals surface area contributed by atoms with Crippen LogP contribution in [0.1, 0.15) is 18.1 Å². The monoisotopic (exact) mass is 278 g/mol. The first kappa shape index (κ1) is 16.5. The summed E-state index contributed by atoms with van der Waals surface area (Å²) in [5.41, 5.74) is 2.37. The van der Waals surface area contributed by atoms with E-state index in [-0.39, 0.29) is 11.8 Å². The summed E-state index contributed by atoms with van der Waals surface area (Å²) in [5.74, 6) is 1.00. The van der Waals surface area contributed by atoms with Crippen LogP contribution in [0.4, 0.5) is 0 Å². The van der Waals surface area contributed by atoms with Crippen molar-refractivity contribution in [2.75, 3.05) is 33.8 Å². The molecule has 0 heterocycles. The lowest BCUT2D eigenvalue weighted by Crippen LogP contribution is -2.38. The summed E-state index contributed by atoms with van der Waals surface area (Å²) in [7, 11) is 3.67. The molecule has 1 unspecified atom stereocenters. The van der Waals surface area contributed by atoms with Crippen molar-refractivity contribution in [3.05, 3.63) is 29.3 Å². The Hall–Kier alpha value is -1.55. The molecule has 0 spiro atoms. The number of amides is 1. The van der Waals surface area contributed by atoms with Crippen LogP contribution in [-0.4, -0.2) is 44.6 Å². The molecule has 0 aliphatic rings. The summed E-state index contributed by atoms with van der Waals surface area (Å²) in [6, 6.07) is 6.14. The van der Waals surface area contributed by atoms with Crippen LogP contribution in [0.3, 0.4) is 0 Å². The summed E-state index contributed by atoms with van der Waals surface area (Å²) in [5, 5.41) is 3.02. The van der Waals surface area contributed by atoms with E-state index in [0.717, 1.165) is 5.75 Å². The zero-order chi connectivity index (χ0) is 15.1. The highest BCUT2D eigenvalue weighted by Crippen LogP contribution is 2.16. The Morgan fingerprint density at radius 2 is 1.90 bits per heavy atom. The Morgan fingerprint density at radius 1 is 1.30 bits per heavy atom. The lowest BCUT2D eigenvalue weighted by Gasteiger charge is -2.21. The van der Waals surface area contributed by atoms with Crippen LogP contribution in [0.15, 0.2) is 18.2 Å². The SMILES string of the molecule is CNCC(C)C(=O)N(C)CCOc1cc(C)cc(C)c1. The van der Waals surface area contributed by atoms with Gasteiger partial charge in [-0.25, -0.2) is 0 Å². The number of ether oxygens (including phenoxy) is 1. The molecule has 20 heavy (non-hydrogen) atoms. The molecule has 0 aliphatic carbocycles. The Bertz CT molecular complexity index is 426. The van der Waals surface area contributed by atoms with Crippen molar-refractivity contribution >= 4 is 5.91 Å². The molecule has 4 nitrogen and oxygen atoms in total. The van der Waals surface area contributed by atoms with Gasteiger partial charge in [-0.05, 0) is 44.2 Å². The number of hydrogen-bond acceptors (Lipinski definition) is 3. The largest absolute Gasteiger partial charge is 0.492 e. The number of benzene rings is 1. The average molecular weight is 278 g/mol. The highest BCUT2D eigenvalue weighted by atomic mass is 16.5. The number of hydrogen-bond donors (Lipinski definition) is 1. The lowest BCUT2D eigenvalue weighted by molar-refractivity contribution is -0.133. The van der Waals surface area contributed by atoms with Gasteiger partial charge in [-0.15, -0.1) is 0 Å². The Kier molecular flexibility index (Phi) is 6.52. The maximum Gasteiger partial charge on any atom is 0.226 e. The molecule has 0 aliphatic heterocycles. The molecule has 0 fully saturated rings. The Labute approximate surface area is 122 Å². The maximum absolute atomic E-state index is 12.0. The van der Waals surface area contributed by atoms with Crippen LogP contribution in [-0.2, 0) is 4.79 Å². The van der Waals surface area contributed by atoms with Gasteiger partial charge in [0.2, 0.25) is 5.91 Å². The fourth-order valence-electron chi connectivity index (χ4n) is 2.20. The molecule has 1 rings (SSSR count). The maximum atomic E-state index is 12.0. The van der Waals surface area contributed by atoms with Crippen molar-refractivity contribution in [3.8, 4) is 5.75 Å². The van der Waals surface area contributed by atoms with Crippen LogP contribution in [0, 0.1) is 19.8 Å². The average Bonchev–Trinajstić information content (AvgIpc) is 2.36. The van der Waals surface area contributed by atoms with E-state index in [9.17, 15) is 4.79 Å². The van der Waals surface area contributed by atoms with Crippen molar-refractivity contribution in [1.82, 2.24) is 10.2 Å². The molecule has 1 aromatic carbocycles. The van der Waals surface area contributed by atoms with E-state index in [1.807, 2.05) is 33.2 Å². The molecule has 0 radical (unpaired) electrons. The third-order valence-corrected chi connectivity index (χ3v) is 3.20. The second kappa shape index (κ2) is 7.90. The van der Waals surface area contributed by atoms with Gasteiger partial charge < -0.3 is 15.0 Å². The lowest BCUT2D eigenvalue weighted by atomic mass is 10.1. The summed E-state index contributed by atoms with van der Waals surface area (Å²) >= 11 is 0. The van der Waals surface area contributed by atoms with Gasteiger partial charge in [0.05, 0.1) is 6.54 Å². The zero-order valence-corrected chi connectivity index (χ0v) is 13.2. The van der Waals surface area contributed by atoms with Crippen LogP contribution in [0.5, 0.6) is 5.75 Å². The van der Waals surface area contributed by atoms with E-state index >= 15 is 0 Å². The van der Waals surface area contributed by atoms with Crippen molar-refractivity contribution < 1.29 is 9.53 Å². The van der Waals surface area contributed by atoms with Crippen molar-refractivity contribution in [1.29, 1.82) is 0 Å². The van der Waals surface area contributed by atoms with Gasteiger partial charge in [0.25, 0.3) is 0 Å². The number of aryl methyl sites for hydroxylation is 2. The molecule has 0 bridgehead atoms. The van der Waals surface area contributed by atoms with Gasteiger partial charge in [0, 0.05) is 19.5 Å². The summed E-state index contributed by atoms with van der Waals surface area (Å²) in [6.45, 7) is 7.84. The quantitative estimate of drug-likeness (QED) is 0.829. The normalized spacial score (nSPS) is 12.1. The second-order valence-corrected chi connectivity index (χ2v) is 5.39. The summed E-state index contributed by atoms with van der Waals surface area (Å²) in [4.78, 5) is 13.7. The molecule has 1 N–H and O–H groups in total. The molecule has 1 aromatic rings. The first-order valence-electron chi connectivity index (χ1n) is 7.04. The van der Waals surface area contributed by atoms with E-state index in [2.05, 4.69) is 25.2 Å².